The van der Waals surface area contributed by atoms with E-state index < -0.39 is 0 Å². The largest absolute Gasteiger partial charge is 0.383 e. The quantitative estimate of drug-likeness (QED) is 0.700. The molecule has 0 aromatic carbocycles. The molecule has 1 aromatic rings. The Morgan fingerprint density at radius 3 is 2.94 bits per heavy atom. The molecule has 0 atom stereocenters. The summed E-state index contributed by atoms with van der Waals surface area (Å²) in [4.78, 5) is 0. The van der Waals surface area contributed by atoms with E-state index in [1.807, 2.05) is 17.9 Å². The zero-order chi connectivity index (χ0) is 11.4. The van der Waals surface area contributed by atoms with Crippen molar-refractivity contribution in [2.45, 2.75) is 19.3 Å². The first-order chi connectivity index (χ1) is 7.74. The summed E-state index contributed by atoms with van der Waals surface area (Å²) in [5.74, 6) is 0. The van der Waals surface area contributed by atoms with Gasteiger partial charge in [0.1, 0.15) is 0 Å². The van der Waals surface area contributed by atoms with Crippen molar-refractivity contribution in [2.75, 3.05) is 26.8 Å². The van der Waals surface area contributed by atoms with E-state index in [1.54, 1.807) is 7.11 Å². The van der Waals surface area contributed by atoms with Gasteiger partial charge < -0.3 is 10.1 Å². The molecule has 1 N–H and O–H groups in total. The van der Waals surface area contributed by atoms with Crippen molar-refractivity contribution < 1.29 is 4.74 Å². The van der Waals surface area contributed by atoms with Crippen molar-refractivity contribution in [3.8, 4) is 0 Å². The fraction of sp³-hybridized carbons (Fsp3) is 0.750. The monoisotopic (exact) mass is 223 g/mol. The molecule has 0 bridgehead atoms. The van der Waals surface area contributed by atoms with Gasteiger partial charge >= 0.3 is 0 Å². The number of methoxy groups -OCH3 is 1. The van der Waals surface area contributed by atoms with Gasteiger partial charge in [-0.15, -0.1) is 0 Å². The Hall–Kier alpha value is -0.870. The van der Waals surface area contributed by atoms with Gasteiger partial charge in [-0.05, 0) is 30.2 Å². The third-order valence-corrected chi connectivity index (χ3v) is 3.28. The smallest absolute Gasteiger partial charge is 0.0587 e. The van der Waals surface area contributed by atoms with Crippen molar-refractivity contribution in [3.63, 3.8) is 0 Å². The summed E-state index contributed by atoms with van der Waals surface area (Å²) < 4.78 is 6.90. The predicted octanol–water partition coefficient (Wildman–Crippen LogP) is 0.979. The highest BCUT2D eigenvalue weighted by molar-refractivity contribution is 5.12. The topological polar surface area (TPSA) is 39.1 Å². The second-order valence-corrected chi connectivity index (χ2v) is 4.87. The second-order valence-electron chi connectivity index (χ2n) is 4.87. The van der Waals surface area contributed by atoms with Gasteiger partial charge in [0.25, 0.3) is 0 Å². The Morgan fingerprint density at radius 2 is 2.38 bits per heavy atom. The van der Waals surface area contributed by atoms with Crippen LogP contribution in [0.5, 0.6) is 0 Å². The lowest BCUT2D eigenvalue weighted by Crippen LogP contribution is -2.28. The fourth-order valence-electron chi connectivity index (χ4n) is 2.12. The molecule has 4 heteroatoms. The first-order valence-electron chi connectivity index (χ1n) is 5.91. The number of nitrogens with zero attached hydrogens (tertiary/aromatic N) is 2. The molecule has 1 saturated carbocycles. The minimum atomic E-state index is 0.497. The van der Waals surface area contributed by atoms with E-state index in [9.17, 15) is 0 Å². The molecule has 1 fully saturated rings. The highest BCUT2D eigenvalue weighted by atomic mass is 16.5. The Balaban J connectivity index is 1.75. The van der Waals surface area contributed by atoms with Crippen LogP contribution < -0.4 is 5.32 Å². The lowest BCUT2D eigenvalue weighted by Gasteiger charge is -2.14. The molecule has 90 valence electrons. The summed E-state index contributed by atoms with van der Waals surface area (Å²) in [6, 6.07) is 0. The molecule has 1 heterocycles. The summed E-state index contributed by atoms with van der Waals surface area (Å²) in [6.07, 6.45) is 7.93. The number of aromatic nitrogens is 2. The minimum Gasteiger partial charge on any atom is -0.383 e. The molecule has 16 heavy (non-hydrogen) atoms. The predicted molar refractivity (Wildman–Crippen MR) is 63.3 cm³/mol. The van der Waals surface area contributed by atoms with E-state index in [0.29, 0.717) is 5.41 Å². The van der Waals surface area contributed by atoms with Crippen LogP contribution in [0.25, 0.3) is 0 Å². The van der Waals surface area contributed by atoms with Gasteiger partial charge in [-0.3, -0.25) is 4.68 Å². The van der Waals surface area contributed by atoms with Crippen LogP contribution in [0.1, 0.15) is 18.4 Å². The minimum absolute atomic E-state index is 0.497. The first kappa shape index (κ1) is 11.6. The van der Waals surface area contributed by atoms with Crippen molar-refractivity contribution in [1.82, 2.24) is 15.1 Å². The van der Waals surface area contributed by atoms with Crippen LogP contribution in [0.3, 0.4) is 0 Å². The van der Waals surface area contributed by atoms with Crippen LogP contribution in [-0.2, 0) is 18.2 Å². The van der Waals surface area contributed by atoms with Crippen LogP contribution in [0.4, 0.5) is 0 Å². The Morgan fingerprint density at radius 1 is 1.56 bits per heavy atom. The molecule has 2 rings (SSSR count). The Bertz CT molecular complexity index is 331. The van der Waals surface area contributed by atoms with Gasteiger partial charge in [-0.25, -0.2) is 0 Å². The SMILES string of the molecule is COCCNCC1(Cc2cnn(C)c2)CC1. The maximum atomic E-state index is 5.02. The molecule has 0 radical (unpaired) electrons. The van der Waals surface area contributed by atoms with Crippen molar-refractivity contribution in [1.29, 1.82) is 0 Å². The first-order valence-corrected chi connectivity index (χ1v) is 5.91. The van der Waals surface area contributed by atoms with Crippen LogP contribution in [0.15, 0.2) is 12.4 Å². The lowest BCUT2D eigenvalue weighted by atomic mass is 9.99. The van der Waals surface area contributed by atoms with E-state index in [1.165, 1.54) is 18.4 Å². The van der Waals surface area contributed by atoms with Crippen molar-refractivity contribution >= 4 is 0 Å². The molecule has 0 spiro atoms. The third-order valence-electron chi connectivity index (χ3n) is 3.28. The number of ether oxygens (including phenoxy) is 1. The highest BCUT2D eigenvalue weighted by Gasteiger charge is 2.42. The normalized spacial score (nSPS) is 17.6. The summed E-state index contributed by atoms with van der Waals surface area (Å²) in [7, 11) is 3.71. The molecular formula is C12H21N3O. The average molecular weight is 223 g/mol. The number of hydrogen-bond donors (Lipinski definition) is 1. The second kappa shape index (κ2) is 4.97. The van der Waals surface area contributed by atoms with Gasteiger partial charge in [-0.1, -0.05) is 0 Å². The number of rotatable bonds is 7. The van der Waals surface area contributed by atoms with Gasteiger partial charge in [0.15, 0.2) is 0 Å². The Labute approximate surface area is 97.0 Å². The molecule has 1 aliphatic rings. The zero-order valence-corrected chi connectivity index (χ0v) is 10.2. The molecular weight excluding hydrogens is 202 g/mol. The Kier molecular flexibility index (Phi) is 3.61. The number of aryl methyl sites for hydroxylation is 1. The van der Waals surface area contributed by atoms with E-state index in [2.05, 4.69) is 16.6 Å². The van der Waals surface area contributed by atoms with E-state index in [0.717, 1.165) is 26.1 Å². The van der Waals surface area contributed by atoms with Crippen LogP contribution >= 0.6 is 0 Å². The van der Waals surface area contributed by atoms with Crippen LogP contribution in [0, 0.1) is 5.41 Å². The summed E-state index contributed by atoms with van der Waals surface area (Å²) in [5.41, 5.74) is 1.85. The number of hydrogen-bond acceptors (Lipinski definition) is 3. The lowest BCUT2D eigenvalue weighted by molar-refractivity contribution is 0.197. The third kappa shape index (κ3) is 3.06. The van der Waals surface area contributed by atoms with Gasteiger partial charge in [-0.2, -0.15) is 5.10 Å². The molecule has 0 saturated heterocycles. The van der Waals surface area contributed by atoms with E-state index >= 15 is 0 Å². The van der Waals surface area contributed by atoms with Gasteiger partial charge in [0, 0.05) is 33.4 Å². The average Bonchev–Trinajstić information content (AvgIpc) is 2.90. The van der Waals surface area contributed by atoms with Gasteiger partial charge in [0.2, 0.25) is 0 Å². The summed E-state index contributed by atoms with van der Waals surface area (Å²) in [5, 5.41) is 7.68. The maximum Gasteiger partial charge on any atom is 0.0587 e. The zero-order valence-electron chi connectivity index (χ0n) is 10.2. The fourth-order valence-corrected chi connectivity index (χ4v) is 2.12. The standard InChI is InChI=1S/C12H21N3O/c1-15-9-11(8-14-15)7-12(3-4-12)10-13-5-6-16-2/h8-9,13H,3-7,10H2,1-2H3. The summed E-state index contributed by atoms with van der Waals surface area (Å²) in [6.45, 7) is 2.85. The highest BCUT2D eigenvalue weighted by Crippen LogP contribution is 2.47. The molecule has 0 aliphatic heterocycles. The van der Waals surface area contributed by atoms with Crippen LogP contribution in [-0.4, -0.2) is 36.6 Å². The summed E-state index contributed by atoms with van der Waals surface area (Å²) >= 11 is 0. The van der Waals surface area contributed by atoms with E-state index in [-0.39, 0.29) is 0 Å². The molecule has 0 amide bonds. The van der Waals surface area contributed by atoms with Crippen LogP contribution in [0.2, 0.25) is 0 Å². The van der Waals surface area contributed by atoms with Crippen molar-refractivity contribution in [2.24, 2.45) is 12.5 Å². The molecule has 4 nitrogen and oxygen atoms in total. The van der Waals surface area contributed by atoms with E-state index in [4.69, 9.17) is 4.74 Å². The molecule has 1 aromatic heterocycles. The van der Waals surface area contributed by atoms with Gasteiger partial charge in [0.05, 0.1) is 12.8 Å². The molecule has 0 unspecified atom stereocenters. The maximum absolute atomic E-state index is 5.02. The van der Waals surface area contributed by atoms with Crippen molar-refractivity contribution in [3.05, 3.63) is 18.0 Å². The number of nitrogens with one attached hydrogen (secondary N) is 1. The molecule has 1 aliphatic carbocycles.